The van der Waals surface area contributed by atoms with Crippen LogP contribution in [-0.2, 0) is 4.79 Å². The van der Waals surface area contributed by atoms with Crippen LogP contribution in [0.4, 0.5) is 0 Å². The van der Waals surface area contributed by atoms with Crippen LogP contribution >= 0.6 is 0 Å². The van der Waals surface area contributed by atoms with E-state index in [9.17, 15) is 4.79 Å². The molecule has 0 rings (SSSR count). The number of carbonyl (C=O) groups is 1. The Morgan fingerprint density at radius 3 is 3.00 bits per heavy atom. The van der Waals surface area contributed by atoms with Crippen molar-refractivity contribution in [2.45, 2.75) is 13.3 Å². The van der Waals surface area contributed by atoms with Crippen LogP contribution in [0.1, 0.15) is 13.3 Å². The molecule has 0 unspecified atom stereocenters. The average molecular weight is 138 g/mol. The van der Waals surface area contributed by atoms with Crippen LogP contribution in [-0.4, -0.2) is 12.5 Å². The first-order valence-electron chi connectivity index (χ1n) is 3.06. The average Bonchev–Trinajstić information content (AvgIpc) is 1.87. The first kappa shape index (κ1) is 8.70. The highest BCUT2D eigenvalue weighted by Gasteiger charge is 1.85. The van der Waals surface area contributed by atoms with E-state index in [0.29, 0.717) is 13.0 Å². The monoisotopic (exact) mass is 138 g/mol. The summed E-state index contributed by atoms with van der Waals surface area (Å²) >= 11 is 0. The van der Waals surface area contributed by atoms with Crippen molar-refractivity contribution in [1.82, 2.24) is 5.32 Å². The van der Waals surface area contributed by atoms with Crippen LogP contribution in [0.5, 0.6) is 0 Å². The van der Waals surface area contributed by atoms with E-state index < -0.39 is 0 Å². The SMILES string of the molecule is CC(=O)NCC/C=C/C#N. The predicted molar refractivity (Wildman–Crippen MR) is 38.1 cm³/mol. The Kier molecular flexibility index (Phi) is 5.07. The van der Waals surface area contributed by atoms with Gasteiger partial charge in [0.2, 0.25) is 5.91 Å². The third kappa shape index (κ3) is 6.70. The van der Waals surface area contributed by atoms with Crippen LogP contribution in [0.15, 0.2) is 12.2 Å². The molecule has 3 heteroatoms. The Morgan fingerprint density at radius 1 is 1.80 bits per heavy atom. The van der Waals surface area contributed by atoms with Gasteiger partial charge < -0.3 is 5.32 Å². The van der Waals surface area contributed by atoms with Gasteiger partial charge in [-0.05, 0) is 6.42 Å². The molecule has 0 saturated heterocycles. The standard InChI is InChI=1S/C7H10N2O/c1-7(10)9-6-4-2-3-5-8/h2-3H,4,6H2,1H3,(H,9,10)/b3-2+. The summed E-state index contributed by atoms with van der Waals surface area (Å²) in [5.74, 6) is -0.0367. The summed E-state index contributed by atoms with van der Waals surface area (Å²) in [6.07, 6.45) is 3.84. The fourth-order valence-corrected chi connectivity index (χ4v) is 0.468. The molecule has 10 heavy (non-hydrogen) atoms. The van der Waals surface area contributed by atoms with E-state index in [2.05, 4.69) is 5.32 Å². The molecule has 0 spiro atoms. The van der Waals surface area contributed by atoms with E-state index in [4.69, 9.17) is 5.26 Å². The Bertz CT molecular complexity index is 167. The molecular weight excluding hydrogens is 128 g/mol. The van der Waals surface area contributed by atoms with Crippen LogP contribution in [0.25, 0.3) is 0 Å². The molecule has 0 heterocycles. The Morgan fingerprint density at radius 2 is 2.50 bits per heavy atom. The largest absolute Gasteiger partial charge is 0.356 e. The van der Waals surface area contributed by atoms with Crippen molar-refractivity contribution in [1.29, 1.82) is 5.26 Å². The molecule has 0 fully saturated rings. The van der Waals surface area contributed by atoms with Gasteiger partial charge >= 0.3 is 0 Å². The third-order valence-electron chi connectivity index (χ3n) is 0.877. The number of carbonyl (C=O) groups excluding carboxylic acids is 1. The molecule has 0 saturated carbocycles. The Hall–Kier alpha value is -1.30. The van der Waals surface area contributed by atoms with Gasteiger partial charge in [0.15, 0.2) is 0 Å². The second kappa shape index (κ2) is 5.83. The predicted octanol–water partition coefficient (Wildman–Crippen LogP) is 0.592. The summed E-state index contributed by atoms with van der Waals surface area (Å²) in [5, 5.41) is 10.7. The van der Waals surface area contributed by atoms with E-state index in [0.717, 1.165) is 0 Å². The molecule has 0 aromatic heterocycles. The van der Waals surface area contributed by atoms with Crippen LogP contribution < -0.4 is 5.32 Å². The van der Waals surface area contributed by atoms with E-state index in [-0.39, 0.29) is 5.91 Å². The van der Waals surface area contributed by atoms with Crippen molar-refractivity contribution in [3.63, 3.8) is 0 Å². The molecule has 0 radical (unpaired) electrons. The highest BCUT2D eigenvalue weighted by atomic mass is 16.1. The van der Waals surface area contributed by atoms with E-state index in [1.165, 1.54) is 13.0 Å². The minimum absolute atomic E-state index is 0.0367. The molecule has 0 aliphatic heterocycles. The quantitative estimate of drug-likeness (QED) is 0.458. The summed E-state index contributed by atoms with van der Waals surface area (Å²) in [6, 6.07) is 1.86. The van der Waals surface area contributed by atoms with Gasteiger partial charge in [0.05, 0.1) is 6.07 Å². The van der Waals surface area contributed by atoms with Crippen molar-refractivity contribution in [3.05, 3.63) is 12.2 Å². The lowest BCUT2D eigenvalue weighted by molar-refractivity contribution is -0.118. The number of rotatable bonds is 3. The summed E-state index contributed by atoms with van der Waals surface area (Å²) in [5.41, 5.74) is 0. The maximum absolute atomic E-state index is 10.3. The molecule has 0 aliphatic carbocycles. The first-order valence-corrected chi connectivity index (χ1v) is 3.06. The van der Waals surface area contributed by atoms with Gasteiger partial charge in [-0.2, -0.15) is 5.26 Å². The van der Waals surface area contributed by atoms with Crippen LogP contribution in [0.2, 0.25) is 0 Å². The highest BCUT2D eigenvalue weighted by Crippen LogP contribution is 1.78. The van der Waals surface area contributed by atoms with Crippen molar-refractivity contribution in [2.24, 2.45) is 0 Å². The van der Waals surface area contributed by atoms with Gasteiger partial charge in [-0.1, -0.05) is 6.08 Å². The molecule has 1 N–H and O–H groups in total. The fourth-order valence-electron chi connectivity index (χ4n) is 0.468. The second-order valence-electron chi connectivity index (χ2n) is 1.80. The van der Waals surface area contributed by atoms with Gasteiger partial charge in [-0.15, -0.1) is 0 Å². The van der Waals surface area contributed by atoms with E-state index in [1.807, 2.05) is 6.07 Å². The van der Waals surface area contributed by atoms with E-state index >= 15 is 0 Å². The van der Waals surface area contributed by atoms with E-state index in [1.54, 1.807) is 6.08 Å². The van der Waals surface area contributed by atoms with Crippen molar-refractivity contribution >= 4 is 5.91 Å². The zero-order chi connectivity index (χ0) is 7.82. The summed E-state index contributed by atoms with van der Waals surface area (Å²) < 4.78 is 0. The Balaban J connectivity index is 3.15. The summed E-state index contributed by atoms with van der Waals surface area (Å²) in [7, 11) is 0. The number of allylic oxidation sites excluding steroid dienone is 1. The van der Waals surface area contributed by atoms with Crippen LogP contribution in [0, 0.1) is 11.3 Å². The lowest BCUT2D eigenvalue weighted by Gasteiger charge is -1.94. The molecule has 0 aliphatic rings. The maximum Gasteiger partial charge on any atom is 0.216 e. The van der Waals surface area contributed by atoms with Gasteiger partial charge in [-0.3, -0.25) is 4.79 Å². The number of nitriles is 1. The molecular formula is C7H10N2O. The molecule has 0 aromatic rings. The summed E-state index contributed by atoms with van der Waals surface area (Å²) in [6.45, 7) is 2.07. The minimum Gasteiger partial charge on any atom is -0.356 e. The third-order valence-corrected chi connectivity index (χ3v) is 0.877. The lowest BCUT2D eigenvalue weighted by Crippen LogP contribution is -2.20. The Labute approximate surface area is 60.3 Å². The highest BCUT2D eigenvalue weighted by molar-refractivity contribution is 5.72. The smallest absolute Gasteiger partial charge is 0.216 e. The number of hydrogen-bond acceptors (Lipinski definition) is 2. The molecule has 0 aromatic carbocycles. The van der Waals surface area contributed by atoms with Crippen LogP contribution in [0.3, 0.4) is 0 Å². The number of nitrogens with zero attached hydrogens (tertiary/aromatic N) is 1. The molecule has 54 valence electrons. The van der Waals surface area contributed by atoms with Gasteiger partial charge in [0.25, 0.3) is 0 Å². The molecule has 1 amide bonds. The molecule has 0 atom stereocenters. The molecule has 3 nitrogen and oxygen atoms in total. The molecule has 0 bridgehead atoms. The topological polar surface area (TPSA) is 52.9 Å². The van der Waals surface area contributed by atoms with Gasteiger partial charge in [-0.25, -0.2) is 0 Å². The second-order valence-corrected chi connectivity index (χ2v) is 1.80. The first-order chi connectivity index (χ1) is 4.77. The maximum atomic E-state index is 10.3. The zero-order valence-electron chi connectivity index (χ0n) is 5.92. The normalized spacial score (nSPS) is 9.20. The zero-order valence-corrected chi connectivity index (χ0v) is 5.92. The summed E-state index contributed by atoms with van der Waals surface area (Å²) in [4.78, 5) is 10.3. The van der Waals surface area contributed by atoms with Crippen molar-refractivity contribution in [3.8, 4) is 6.07 Å². The lowest BCUT2D eigenvalue weighted by atomic mass is 10.4. The number of hydrogen-bond donors (Lipinski definition) is 1. The van der Waals surface area contributed by atoms with Crippen molar-refractivity contribution < 1.29 is 4.79 Å². The number of amides is 1. The van der Waals surface area contributed by atoms with Gasteiger partial charge in [0.1, 0.15) is 0 Å². The van der Waals surface area contributed by atoms with Crippen molar-refractivity contribution in [2.75, 3.05) is 6.54 Å². The number of nitrogens with one attached hydrogen (secondary N) is 1. The minimum atomic E-state index is -0.0367. The van der Waals surface area contributed by atoms with Gasteiger partial charge in [0, 0.05) is 19.5 Å². The fraction of sp³-hybridized carbons (Fsp3) is 0.429.